The molecule has 0 radical (unpaired) electrons. The van der Waals surface area contributed by atoms with Gasteiger partial charge in [0.15, 0.2) is 4.80 Å². The Morgan fingerprint density at radius 3 is 2.42 bits per heavy atom. The molecule has 0 amide bonds. The van der Waals surface area contributed by atoms with Gasteiger partial charge in [-0.2, -0.15) is 0 Å². The molecule has 1 aliphatic rings. The van der Waals surface area contributed by atoms with Crippen LogP contribution >= 0.6 is 34.5 Å². The summed E-state index contributed by atoms with van der Waals surface area (Å²) in [5.41, 5.74) is 3.06. The molecule has 1 aliphatic heterocycles. The van der Waals surface area contributed by atoms with Crippen LogP contribution in [-0.2, 0) is 16.1 Å². The van der Waals surface area contributed by atoms with E-state index in [2.05, 4.69) is 4.99 Å². The van der Waals surface area contributed by atoms with E-state index in [1.807, 2.05) is 66.7 Å². The number of thiazole rings is 1. The van der Waals surface area contributed by atoms with Crippen molar-refractivity contribution in [2.24, 2.45) is 4.99 Å². The number of allylic oxidation sites excluding steroid dienone is 1. The van der Waals surface area contributed by atoms with Crippen molar-refractivity contribution in [2.75, 3.05) is 0 Å². The lowest BCUT2D eigenvalue weighted by Gasteiger charge is -2.25. The van der Waals surface area contributed by atoms with Gasteiger partial charge in [0, 0.05) is 15.6 Å². The molecule has 6 nitrogen and oxygen atoms in total. The van der Waals surface area contributed by atoms with Gasteiger partial charge in [0.05, 0.1) is 27.9 Å². The fourth-order valence-corrected chi connectivity index (χ4v) is 5.77. The first-order chi connectivity index (χ1) is 19.2. The average Bonchev–Trinajstić information content (AvgIpc) is 3.22. The highest BCUT2D eigenvalue weighted by molar-refractivity contribution is 7.07. The van der Waals surface area contributed by atoms with Crippen molar-refractivity contribution in [3.63, 3.8) is 0 Å². The van der Waals surface area contributed by atoms with Gasteiger partial charge < -0.3 is 9.47 Å². The zero-order chi connectivity index (χ0) is 28.4. The summed E-state index contributed by atoms with van der Waals surface area (Å²) in [5, 5.41) is 1.21. The number of hydrogen-bond acceptors (Lipinski definition) is 6. The molecule has 3 aromatic carbocycles. The van der Waals surface area contributed by atoms with Crippen molar-refractivity contribution >= 4 is 46.6 Å². The van der Waals surface area contributed by atoms with Crippen molar-refractivity contribution in [3.05, 3.63) is 130 Å². The van der Waals surface area contributed by atoms with Crippen LogP contribution in [0.5, 0.6) is 5.75 Å². The second kappa shape index (κ2) is 11.8. The highest BCUT2D eigenvalue weighted by atomic mass is 35.5. The van der Waals surface area contributed by atoms with E-state index >= 15 is 0 Å². The molecule has 0 N–H and O–H groups in total. The highest BCUT2D eigenvalue weighted by Crippen LogP contribution is 2.31. The van der Waals surface area contributed by atoms with Gasteiger partial charge in [-0.1, -0.05) is 77.0 Å². The number of nitrogens with zero attached hydrogens (tertiary/aromatic N) is 2. The Balaban J connectivity index is 1.50. The topological polar surface area (TPSA) is 69.9 Å². The van der Waals surface area contributed by atoms with Gasteiger partial charge in [-0.25, -0.2) is 9.79 Å². The van der Waals surface area contributed by atoms with Crippen molar-refractivity contribution in [1.29, 1.82) is 0 Å². The van der Waals surface area contributed by atoms with Gasteiger partial charge in [0.1, 0.15) is 12.4 Å². The Morgan fingerprint density at radius 2 is 1.75 bits per heavy atom. The first-order valence-electron chi connectivity index (χ1n) is 12.7. The Bertz CT molecular complexity index is 1770. The average molecular weight is 594 g/mol. The lowest BCUT2D eigenvalue weighted by atomic mass is 9.96. The second-order valence-corrected chi connectivity index (χ2v) is 11.4. The minimum Gasteiger partial charge on any atom is -0.489 e. The largest absolute Gasteiger partial charge is 0.489 e. The Labute approximate surface area is 245 Å². The Kier molecular flexibility index (Phi) is 8.26. The molecule has 1 atom stereocenters. The van der Waals surface area contributed by atoms with Crippen molar-refractivity contribution < 1.29 is 14.3 Å². The summed E-state index contributed by atoms with van der Waals surface area (Å²) in [6, 6.07) is 21.4. The fourth-order valence-electron chi connectivity index (χ4n) is 4.41. The quantitative estimate of drug-likeness (QED) is 0.244. The number of rotatable bonds is 7. The van der Waals surface area contributed by atoms with Crippen molar-refractivity contribution in [3.8, 4) is 5.75 Å². The van der Waals surface area contributed by atoms with Crippen LogP contribution < -0.4 is 19.6 Å². The Morgan fingerprint density at radius 1 is 1.05 bits per heavy atom. The molecule has 0 aliphatic carbocycles. The predicted molar refractivity (Wildman–Crippen MR) is 159 cm³/mol. The van der Waals surface area contributed by atoms with E-state index in [1.54, 1.807) is 37.5 Å². The third-order valence-electron chi connectivity index (χ3n) is 6.30. The van der Waals surface area contributed by atoms with E-state index in [0.29, 0.717) is 43.0 Å². The summed E-state index contributed by atoms with van der Waals surface area (Å²) in [6.07, 6.45) is 1.49. The van der Waals surface area contributed by atoms with E-state index in [0.717, 1.165) is 16.7 Å². The van der Waals surface area contributed by atoms with Crippen LogP contribution in [-0.4, -0.2) is 16.6 Å². The molecule has 0 spiro atoms. The van der Waals surface area contributed by atoms with Crippen LogP contribution in [0.25, 0.3) is 6.08 Å². The van der Waals surface area contributed by atoms with Gasteiger partial charge in [0.2, 0.25) is 0 Å². The monoisotopic (exact) mass is 592 g/mol. The fraction of sp³-hybridized carbons (Fsp3) is 0.194. The van der Waals surface area contributed by atoms with Crippen LogP contribution in [0.15, 0.2) is 93.9 Å². The lowest BCUT2D eigenvalue weighted by molar-refractivity contribution is -0.143. The smallest absolute Gasteiger partial charge is 0.338 e. The number of hydrogen-bond donors (Lipinski definition) is 0. The molecular formula is C31H26Cl2N2O4S. The number of carbonyl (C=O) groups excluding carboxylic acids is 1. The summed E-state index contributed by atoms with van der Waals surface area (Å²) >= 11 is 13.6. The van der Waals surface area contributed by atoms with Gasteiger partial charge in [-0.15, -0.1) is 0 Å². The number of carbonyl (C=O) groups is 1. The lowest BCUT2D eigenvalue weighted by Crippen LogP contribution is -2.40. The summed E-state index contributed by atoms with van der Waals surface area (Å²) in [7, 11) is 0. The predicted octanol–water partition coefficient (Wildman–Crippen LogP) is 6.07. The minimum absolute atomic E-state index is 0.245. The molecule has 0 saturated heterocycles. The molecule has 0 fully saturated rings. The summed E-state index contributed by atoms with van der Waals surface area (Å²) < 4.78 is 13.5. The zero-order valence-corrected chi connectivity index (χ0v) is 24.4. The van der Waals surface area contributed by atoms with Gasteiger partial charge >= 0.3 is 5.97 Å². The van der Waals surface area contributed by atoms with Gasteiger partial charge in [-0.3, -0.25) is 9.36 Å². The minimum atomic E-state index is -0.692. The third kappa shape index (κ3) is 5.92. The van der Waals surface area contributed by atoms with Crippen molar-refractivity contribution in [2.45, 2.75) is 39.5 Å². The maximum absolute atomic E-state index is 13.8. The molecule has 1 aromatic heterocycles. The van der Waals surface area contributed by atoms with Crippen molar-refractivity contribution in [1.82, 2.24) is 4.57 Å². The van der Waals surface area contributed by atoms with Gasteiger partial charge in [0.25, 0.3) is 5.56 Å². The summed E-state index contributed by atoms with van der Waals surface area (Å²) in [5.74, 6) is 0.183. The number of halogens is 2. The Hall–Kier alpha value is -3.65. The molecule has 0 saturated carbocycles. The molecule has 2 heterocycles. The van der Waals surface area contributed by atoms with Crippen LogP contribution in [0.4, 0.5) is 0 Å². The van der Waals surface area contributed by atoms with E-state index in [4.69, 9.17) is 32.7 Å². The van der Waals surface area contributed by atoms with E-state index in [9.17, 15) is 9.59 Å². The zero-order valence-electron chi connectivity index (χ0n) is 22.1. The highest BCUT2D eigenvalue weighted by Gasteiger charge is 2.33. The first kappa shape index (κ1) is 27.9. The van der Waals surface area contributed by atoms with Crippen LogP contribution in [0.1, 0.15) is 43.5 Å². The normalized spacial score (nSPS) is 15.2. The molecule has 9 heteroatoms. The number of aromatic nitrogens is 1. The SMILES string of the molecule is CC1=C(C(=O)OC(C)C)C(c2ccc(Cl)cc2)n2c(s/c(=C\c3ccc(OCc4ccccc4Cl)cc3)c2=O)=N1. The number of ether oxygens (including phenoxy) is 2. The molecule has 204 valence electrons. The standard InChI is InChI=1S/C31H26Cl2N2O4S/c1-18(2)39-30(37)27-19(3)34-31-35(28(27)21-10-12-23(32)13-11-21)29(36)26(40-31)16-20-8-14-24(15-9-20)38-17-22-6-4-5-7-25(22)33/h4-16,18,28H,17H2,1-3H3/b26-16-. The molecule has 4 aromatic rings. The molecule has 5 rings (SSSR count). The van der Waals surface area contributed by atoms with Crippen LogP contribution in [0, 0.1) is 0 Å². The number of fused-ring (bicyclic) bond motifs is 1. The maximum Gasteiger partial charge on any atom is 0.338 e. The van der Waals surface area contributed by atoms with Gasteiger partial charge in [-0.05, 0) is 68.3 Å². The third-order valence-corrected chi connectivity index (χ3v) is 7.90. The van der Waals surface area contributed by atoms with E-state index in [-0.39, 0.29) is 11.7 Å². The number of esters is 1. The summed E-state index contributed by atoms with van der Waals surface area (Å²) in [4.78, 5) is 32.1. The second-order valence-electron chi connectivity index (χ2n) is 9.54. The molecule has 1 unspecified atom stereocenters. The molecule has 0 bridgehead atoms. The maximum atomic E-state index is 13.8. The molecular weight excluding hydrogens is 567 g/mol. The van der Waals surface area contributed by atoms with E-state index in [1.165, 1.54) is 11.3 Å². The summed E-state index contributed by atoms with van der Waals surface area (Å²) in [6.45, 7) is 5.68. The molecule has 40 heavy (non-hydrogen) atoms. The first-order valence-corrected chi connectivity index (χ1v) is 14.2. The van der Waals surface area contributed by atoms with E-state index < -0.39 is 12.0 Å². The number of benzene rings is 3. The van der Waals surface area contributed by atoms with Crippen LogP contribution in [0.2, 0.25) is 10.0 Å². The van der Waals surface area contributed by atoms with Crippen LogP contribution in [0.3, 0.4) is 0 Å².